The highest BCUT2D eigenvalue weighted by molar-refractivity contribution is 5.71. The maximum atomic E-state index is 10.8. The Morgan fingerprint density at radius 3 is 2.50 bits per heavy atom. The van der Waals surface area contributed by atoms with Gasteiger partial charge in [-0.3, -0.25) is 4.79 Å². The number of hydrogen-bond donors (Lipinski definition) is 2. The lowest BCUT2D eigenvalue weighted by molar-refractivity contribution is -0.143. The fourth-order valence-electron chi connectivity index (χ4n) is 2.95. The Labute approximate surface area is 71.9 Å². The van der Waals surface area contributed by atoms with Crippen LogP contribution in [0.1, 0.15) is 25.7 Å². The third-order valence-electron chi connectivity index (χ3n) is 3.58. The van der Waals surface area contributed by atoms with Crippen LogP contribution >= 0.6 is 0 Å². The lowest BCUT2D eigenvalue weighted by Crippen LogP contribution is -2.26. The van der Waals surface area contributed by atoms with E-state index in [2.05, 4.69) is 0 Å². The first-order chi connectivity index (χ1) is 5.70. The van der Waals surface area contributed by atoms with Gasteiger partial charge in [0.1, 0.15) is 0 Å². The molecule has 0 aromatic rings. The Morgan fingerprint density at radius 2 is 1.83 bits per heavy atom. The van der Waals surface area contributed by atoms with E-state index >= 15 is 0 Å². The Balaban J connectivity index is 2.10. The van der Waals surface area contributed by atoms with Gasteiger partial charge < -0.3 is 10.8 Å². The third kappa shape index (κ3) is 1.04. The minimum absolute atomic E-state index is 0.0939. The second kappa shape index (κ2) is 2.73. The monoisotopic (exact) mass is 169 g/mol. The SMILES string of the molecule is N[C@@H]1CC[C@H]2[C@@H]1CC[C@@H]2C(=O)O. The molecule has 2 saturated carbocycles. The van der Waals surface area contributed by atoms with Gasteiger partial charge in [0.25, 0.3) is 0 Å². The zero-order chi connectivity index (χ0) is 8.72. The molecule has 0 aromatic carbocycles. The highest BCUT2D eigenvalue weighted by atomic mass is 16.4. The Bertz CT molecular complexity index is 205. The average Bonchev–Trinajstić information content (AvgIpc) is 2.53. The first-order valence-electron chi connectivity index (χ1n) is 4.68. The molecular weight excluding hydrogens is 154 g/mol. The number of carbonyl (C=O) groups is 1. The molecule has 2 rings (SSSR count). The molecule has 2 fully saturated rings. The summed E-state index contributed by atoms with van der Waals surface area (Å²) in [5.41, 5.74) is 5.89. The fourth-order valence-corrected chi connectivity index (χ4v) is 2.95. The van der Waals surface area contributed by atoms with Gasteiger partial charge in [0.15, 0.2) is 0 Å². The van der Waals surface area contributed by atoms with E-state index in [0.29, 0.717) is 11.8 Å². The molecule has 0 aromatic heterocycles. The number of aliphatic carboxylic acids is 1. The van der Waals surface area contributed by atoms with Crippen molar-refractivity contribution in [2.24, 2.45) is 23.5 Å². The summed E-state index contributed by atoms with van der Waals surface area (Å²) >= 11 is 0. The minimum atomic E-state index is -0.614. The van der Waals surface area contributed by atoms with Gasteiger partial charge >= 0.3 is 5.97 Å². The van der Waals surface area contributed by atoms with Crippen LogP contribution in [0.3, 0.4) is 0 Å². The van der Waals surface area contributed by atoms with Crippen LogP contribution in [0.25, 0.3) is 0 Å². The lowest BCUT2D eigenvalue weighted by atomic mass is 9.91. The maximum Gasteiger partial charge on any atom is 0.306 e. The first kappa shape index (κ1) is 8.05. The normalized spacial score (nSPS) is 46.1. The molecule has 0 amide bonds. The van der Waals surface area contributed by atoms with Crippen LogP contribution in [0.4, 0.5) is 0 Å². The molecule has 2 aliphatic carbocycles. The molecule has 0 radical (unpaired) electrons. The van der Waals surface area contributed by atoms with E-state index in [1.54, 1.807) is 0 Å². The predicted octanol–water partition coefficient (Wildman–Crippen LogP) is 0.834. The number of hydrogen-bond acceptors (Lipinski definition) is 2. The van der Waals surface area contributed by atoms with Gasteiger partial charge in [-0.1, -0.05) is 0 Å². The molecule has 3 nitrogen and oxygen atoms in total. The standard InChI is InChI=1S/C9H15NO2/c10-8-4-3-5-6(8)1-2-7(5)9(11)12/h5-8H,1-4,10H2,(H,11,12)/t5-,6-,7-,8+/m0/s1. The predicted molar refractivity (Wildman–Crippen MR) is 44.5 cm³/mol. The van der Waals surface area contributed by atoms with Gasteiger partial charge in [-0.2, -0.15) is 0 Å². The molecule has 3 N–H and O–H groups in total. The molecule has 68 valence electrons. The molecule has 0 spiro atoms. The van der Waals surface area contributed by atoms with E-state index in [9.17, 15) is 4.79 Å². The van der Waals surface area contributed by atoms with E-state index in [-0.39, 0.29) is 12.0 Å². The molecule has 2 aliphatic rings. The van der Waals surface area contributed by atoms with Gasteiger partial charge in [0, 0.05) is 6.04 Å². The summed E-state index contributed by atoms with van der Waals surface area (Å²) in [6.07, 6.45) is 3.93. The summed E-state index contributed by atoms with van der Waals surface area (Å²) in [7, 11) is 0. The number of rotatable bonds is 1. The summed E-state index contributed by atoms with van der Waals surface area (Å²) in [5.74, 6) is 0.184. The van der Waals surface area contributed by atoms with Crippen molar-refractivity contribution in [3.63, 3.8) is 0 Å². The van der Waals surface area contributed by atoms with Crippen molar-refractivity contribution in [3.8, 4) is 0 Å². The van der Waals surface area contributed by atoms with E-state index < -0.39 is 5.97 Å². The van der Waals surface area contributed by atoms with Gasteiger partial charge in [-0.15, -0.1) is 0 Å². The highest BCUT2D eigenvalue weighted by Gasteiger charge is 2.46. The summed E-state index contributed by atoms with van der Waals surface area (Å²) in [4.78, 5) is 10.8. The molecule has 3 heteroatoms. The number of carboxylic acids is 1. The van der Waals surface area contributed by atoms with Crippen LogP contribution in [0, 0.1) is 17.8 Å². The second-order valence-electron chi connectivity index (χ2n) is 4.09. The van der Waals surface area contributed by atoms with Gasteiger partial charge in [0.2, 0.25) is 0 Å². The van der Waals surface area contributed by atoms with Crippen molar-refractivity contribution in [2.45, 2.75) is 31.7 Å². The van der Waals surface area contributed by atoms with Gasteiger partial charge in [-0.05, 0) is 37.5 Å². The molecule has 0 aliphatic heterocycles. The molecule has 0 bridgehead atoms. The van der Waals surface area contributed by atoms with Crippen molar-refractivity contribution in [3.05, 3.63) is 0 Å². The number of nitrogens with two attached hydrogens (primary N) is 1. The first-order valence-corrected chi connectivity index (χ1v) is 4.68. The number of fused-ring (bicyclic) bond motifs is 1. The van der Waals surface area contributed by atoms with Gasteiger partial charge in [0.05, 0.1) is 5.92 Å². The maximum absolute atomic E-state index is 10.8. The van der Waals surface area contributed by atoms with E-state index in [1.807, 2.05) is 0 Å². The minimum Gasteiger partial charge on any atom is -0.481 e. The lowest BCUT2D eigenvalue weighted by Gasteiger charge is -2.15. The largest absolute Gasteiger partial charge is 0.481 e. The zero-order valence-corrected chi connectivity index (χ0v) is 7.07. The van der Waals surface area contributed by atoms with Crippen molar-refractivity contribution < 1.29 is 9.90 Å². The molecule has 4 atom stereocenters. The molecular formula is C9H15NO2. The van der Waals surface area contributed by atoms with Crippen LogP contribution in [-0.2, 0) is 4.79 Å². The Kier molecular flexibility index (Phi) is 1.83. The van der Waals surface area contributed by atoms with Crippen molar-refractivity contribution >= 4 is 5.97 Å². The van der Waals surface area contributed by atoms with E-state index in [0.717, 1.165) is 25.7 Å². The van der Waals surface area contributed by atoms with Crippen LogP contribution < -0.4 is 5.73 Å². The Hall–Kier alpha value is -0.570. The summed E-state index contributed by atoms with van der Waals surface area (Å²) in [5, 5.41) is 8.91. The van der Waals surface area contributed by atoms with Crippen molar-refractivity contribution in [1.29, 1.82) is 0 Å². The molecule has 0 unspecified atom stereocenters. The van der Waals surface area contributed by atoms with Crippen molar-refractivity contribution in [2.75, 3.05) is 0 Å². The van der Waals surface area contributed by atoms with E-state index in [1.165, 1.54) is 0 Å². The molecule has 12 heavy (non-hydrogen) atoms. The quantitative estimate of drug-likeness (QED) is 0.611. The molecule has 0 saturated heterocycles. The van der Waals surface area contributed by atoms with Crippen LogP contribution in [-0.4, -0.2) is 17.1 Å². The third-order valence-corrected chi connectivity index (χ3v) is 3.58. The summed E-state index contributed by atoms with van der Waals surface area (Å²) in [6, 6.07) is 0.277. The zero-order valence-electron chi connectivity index (χ0n) is 7.07. The highest BCUT2D eigenvalue weighted by Crippen LogP contribution is 2.46. The van der Waals surface area contributed by atoms with E-state index in [4.69, 9.17) is 10.8 Å². The Morgan fingerprint density at radius 1 is 1.17 bits per heavy atom. The number of carboxylic acid groups (broad SMARTS) is 1. The van der Waals surface area contributed by atoms with Gasteiger partial charge in [-0.25, -0.2) is 0 Å². The summed E-state index contributed by atoms with van der Waals surface area (Å²) < 4.78 is 0. The average molecular weight is 169 g/mol. The smallest absolute Gasteiger partial charge is 0.306 e. The second-order valence-corrected chi connectivity index (χ2v) is 4.09. The van der Waals surface area contributed by atoms with Crippen molar-refractivity contribution in [1.82, 2.24) is 0 Å². The van der Waals surface area contributed by atoms with Crippen LogP contribution in [0.15, 0.2) is 0 Å². The topological polar surface area (TPSA) is 63.3 Å². The summed E-state index contributed by atoms with van der Waals surface area (Å²) in [6.45, 7) is 0. The fraction of sp³-hybridized carbons (Fsp3) is 0.889. The van der Waals surface area contributed by atoms with Crippen LogP contribution in [0.2, 0.25) is 0 Å². The molecule has 0 heterocycles. The van der Waals surface area contributed by atoms with Crippen LogP contribution in [0.5, 0.6) is 0 Å².